The average molecular weight is 159 g/mol. The maximum atomic E-state index is 4.99. The summed E-state index contributed by atoms with van der Waals surface area (Å²) in [7, 11) is 1.88. The van der Waals surface area contributed by atoms with Gasteiger partial charge in [0.25, 0.3) is 4.84 Å². The minimum absolute atomic E-state index is 0.339. The maximum absolute atomic E-state index is 4.99. The number of H-pyrrole nitrogens is 1. The topological polar surface area (TPSA) is 53.9 Å². The Kier molecular flexibility index (Phi) is 2.58. The zero-order valence-corrected chi connectivity index (χ0v) is 6.49. The van der Waals surface area contributed by atoms with Gasteiger partial charge in [-0.1, -0.05) is 0 Å². The Morgan fingerprint density at radius 1 is 1.80 bits per heavy atom. The third-order valence-corrected chi connectivity index (χ3v) is 1.25. The fourth-order valence-electron chi connectivity index (χ4n) is 0.600. The monoisotopic (exact) mass is 159 g/mol. The molecule has 4 nitrogen and oxygen atoms in total. The van der Waals surface area contributed by atoms with Crippen molar-refractivity contribution in [1.29, 1.82) is 0 Å². The van der Waals surface area contributed by atoms with Gasteiger partial charge < -0.3 is 9.73 Å². The van der Waals surface area contributed by atoms with E-state index < -0.39 is 0 Å². The van der Waals surface area contributed by atoms with Crippen LogP contribution in [0.3, 0.4) is 0 Å². The van der Waals surface area contributed by atoms with Crippen LogP contribution in [-0.2, 0) is 6.42 Å². The lowest BCUT2D eigenvalue weighted by Crippen LogP contribution is -2.10. The van der Waals surface area contributed by atoms with E-state index in [0.29, 0.717) is 10.7 Å². The zero-order chi connectivity index (χ0) is 7.40. The van der Waals surface area contributed by atoms with Gasteiger partial charge in [0.2, 0.25) is 5.89 Å². The molecule has 0 aliphatic heterocycles. The van der Waals surface area contributed by atoms with E-state index in [-0.39, 0.29) is 0 Å². The van der Waals surface area contributed by atoms with Crippen LogP contribution in [0.4, 0.5) is 0 Å². The predicted octanol–water partition coefficient (Wildman–Crippen LogP) is 0.494. The molecule has 0 aliphatic rings. The fourth-order valence-corrected chi connectivity index (χ4v) is 0.741. The first kappa shape index (κ1) is 7.43. The number of hydrogen-bond acceptors (Lipinski definition) is 4. The van der Waals surface area contributed by atoms with Gasteiger partial charge in [0.05, 0.1) is 0 Å². The van der Waals surface area contributed by atoms with Crippen molar-refractivity contribution in [2.45, 2.75) is 6.42 Å². The summed E-state index contributed by atoms with van der Waals surface area (Å²) in [5.74, 6) is 0.652. The molecule has 0 aliphatic carbocycles. The van der Waals surface area contributed by atoms with Crippen LogP contribution in [0.2, 0.25) is 0 Å². The highest BCUT2D eigenvalue weighted by molar-refractivity contribution is 7.71. The Morgan fingerprint density at radius 3 is 3.10 bits per heavy atom. The number of hydrogen-bond donors (Lipinski definition) is 2. The number of nitrogens with one attached hydrogen (secondary N) is 2. The largest absolute Gasteiger partial charge is 0.414 e. The maximum Gasteiger partial charge on any atom is 0.284 e. The van der Waals surface area contributed by atoms with Gasteiger partial charge in [0, 0.05) is 13.0 Å². The molecule has 56 valence electrons. The first-order valence-corrected chi connectivity index (χ1v) is 3.42. The molecule has 0 aromatic carbocycles. The normalized spacial score (nSPS) is 10.1. The molecule has 0 saturated heterocycles. The summed E-state index contributed by atoms with van der Waals surface area (Å²) in [6.45, 7) is 0.850. The van der Waals surface area contributed by atoms with E-state index in [9.17, 15) is 0 Å². The molecule has 1 rings (SSSR count). The lowest BCUT2D eigenvalue weighted by Gasteiger charge is -1.90. The van der Waals surface area contributed by atoms with Crippen molar-refractivity contribution in [3.63, 3.8) is 0 Å². The summed E-state index contributed by atoms with van der Waals surface area (Å²) < 4.78 is 4.99. The van der Waals surface area contributed by atoms with E-state index in [2.05, 4.69) is 27.7 Å². The Morgan fingerprint density at radius 2 is 2.60 bits per heavy atom. The number of rotatable bonds is 3. The van der Waals surface area contributed by atoms with Crippen LogP contribution < -0.4 is 5.32 Å². The van der Waals surface area contributed by atoms with Crippen LogP contribution in [-0.4, -0.2) is 23.8 Å². The second-order valence-corrected chi connectivity index (χ2v) is 2.23. The number of likely N-dealkylation sites (N-methyl/N-ethyl adjacent to an activating group) is 1. The van der Waals surface area contributed by atoms with Crippen LogP contribution >= 0.6 is 12.2 Å². The van der Waals surface area contributed by atoms with Crippen molar-refractivity contribution in [3.8, 4) is 0 Å². The second-order valence-electron chi connectivity index (χ2n) is 1.86. The highest BCUT2D eigenvalue weighted by atomic mass is 32.1. The minimum atomic E-state index is 0.339. The molecule has 0 amide bonds. The minimum Gasteiger partial charge on any atom is -0.414 e. The molecule has 0 unspecified atom stereocenters. The molecule has 10 heavy (non-hydrogen) atoms. The summed E-state index contributed by atoms with van der Waals surface area (Å²) in [6.07, 6.45) is 0.768. The molecule has 0 fully saturated rings. The second kappa shape index (κ2) is 3.48. The summed E-state index contributed by atoms with van der Waals surface area (Å²) in [5.41, 5.74) is 0. The number of aromatic amines is 1. The van der Waals surface area contributed by atoms with Crippen molar-refractivity contribution in [2.75, 3.05) is 13.6 Å². The van der Waals surface area contributed by atoms with Gasteiger partial charge in [0.15, 0.2) is 0 Å². The van der Waals surface area contributed by atoms with Gasteiger partial charge in [-0.3, -0.25) is 0 Å². The smallest absolute Gasteiger partial charge is 0.284 e. The molecule has 0 atom stereocenters. The molecule has 5 heteroatoms. The molecule has 1 aromatic rings. The van der Waals surface area contributed by atoms with Crippen molar-refractivity contribution < 1.29 is 4.42 Å². The third kappa shape index (κ3) is 1.93. The first-order chi connectivity index (χ1) is 4.83. The molecule has 1 heterocycles. The lowest BCUT2D eigenvalue weighted by atomic mass is 10.4. The van der Waals surface area contributed by atoms with Crippen LogP contribution in [0, 0.1) is 4.84 Å². The quantitative estimate of drug-likeness (QED) is 0.630. The molecule has 1 aromatic heterocycles. The Balaban J connectivity index is 2.50. The van der Waals surface area contributed by atoms with Gasteiger partial charge >= 0.3 is 0 Å². The molecule has 0 saturated carbocycles. The van der Waals surface area contributed by atoms with E-state index >= 15 is 0 Å². The molecule has 0 bridgehead atoms. The van der Waals surface area contributed by atoms with Crippen molar-refractivity contribution in [3.05, 3.63) is 10.7 Å². The van der Waals surface area contributed by atoms with Crippen molar-refractivity contribution in [1.82, 2.24) is 15.5 Å². The Hall–Kier alpha value is -0.680. The third-order valence-electron chi connectivity index (χ3n) is 1.07. The number of nitrogens with zero attached hydrogens (tertiary/aromatic N) is 1. The van der Waals surface area contributed by atoms with Gasteiger partial charge in [-0.25, -0.2) is 5.10 Å². The molecule has 0 radical (unpaired) electrons. The van der Waals surface area contributed by atoms with Crippen LogP contribution in [0.15, 0.2) is 4.42 Å². The summed E-state index contributed by atoms with van der Waals surface area (Å²) in [4.78, 5) is 0.339. The van der Waals surface area contributed by atoms with Crippen molar-refractivity contribution in [2.24, 2.45) is 0 Å². The summed E-state index contributed by atoms with van der Waals surface area (Å²) >= 11 is 4.68. The van der Waals surface area contributed by atoms with E-state index in [0.717, 1.165) is 13.0 Å². The van der Waals surface area contributed by atoms with Crippen molar-refractivity contribution >= 4 is 12.2 Å². The van der Waals surface area contributed by atoms with E-state index in [1.807, 2.05) is 7.05 Å². The summed E-state index contributed by atoms with van der Waals surface area (Å²) in [5, 5.41) is 9.34. The first-order valence-electron chi connectivity index (χ1n) is 3.02. The summed E-state index contributed by atoms with van der Waals surface area (Å²) in [6, 6.07) is 0. The van der Waals surface area contributed by atoms with Gasteiger partial charge in [0.1, 0.15) is 0 Å². The van der Waals surface area contributed by atoms with Crippen LogP contribution in [0.25, 0.3) is 0 Å². The lowest BCUT2D eigenvalue weighted by molar-refractivity contribution is 0.476. The van der Waals surface area contributed by atoms with Gasteiger partial charge in [-0.2, -0.15) is 0 Å². The van der Waals surface area contributed by atoms with Crippen LogP contribution in [0.5, 0.6) is 0 Å². The predicted molar refractivity (Wildman–Crippen MR) is 39.3 cm³/mol. The van der Waals surface area contributed by atoms with Crippen LogP contribution in [0.1, 0.15) is 5.89 Å². The Bertz CT molecular complexity index is 241. The fraction of sp³-hybridized carbons (Fsp3) is 0.600. The van der Waals surface area contributed by atoms with E-state index in [1.54, 1.807) is 0 Å². The van der Waals surface area contributed by atoms with E-state index in [1.165, 1.54) is 0 Å². The zero-order valence-electron chi connectivity index (χ0n) is 5.68. The molecule has 0 spiro atoms. The van der Waals surface area contributed by atoms with E-state index in [4.69, 9.17) is 4.42 Å². The SMILES string of the molecule is CNCCc1n[nH]c(=S)o1. The molecule has 2 N–H and O–H groups in total. The molecular weight excluding hydrogens is 150 g/mol. The highest BCUT2D eigenvalue weighted by Gasteiger charge is 1.95. The number of aromatic nitrogens is 2. The van der Waals surface area contributed by atoms with Gasteiger partial charge in [-0.15, -0.1) is 5.10 Å². The average Bonchev–Trinajstić information content (AvgIpc) is 2.31. The Labute approximate surface area is 63.6 Å². The molecular formula is C5H9N3OS. The highest BCUT2D eigenvalue weighted by Crippen LogP contribution is 1.93. The standard InChI is InChI=1S/C5H9N3OS/c1-6-3-2-4-7-8-5(10)9-4/h6H,2-3H2,1H3,(H,8,10). The van der Waals surface area contributed by atoms with Gasteiger partial charge in [-0.05, 0) is 19.3 Å².